The lowest BCUT2D eigenvalue weighted by Gasteiger charge is -2.26. The lowest BCUT2D eigenvalue weighted by molar-refractivity contribution is 0.0949. The summed E-state index contributed by atoms with van der Waals surface area (Å²) in [6.45, 7) is 6.14. The van der Waals surface area contributed by atoms with E-state index in [4.69, 9.17) is 0 Å². The van der Waals surface area contributed by atoms with Crippen LogP contribution in [0.5, 0.6) is 0 Å². The van der Waals surface area contributed by atoms with E-state index in [1.807, 2.05) is 0 Å². The Morgan fingerprint density at radius 2 is 1.67 bits per heavy atom. The zero-order valence-electron chi connectivity index (χ0n) is 19.2. The Morgan fingerprint density at radius 3 is 2.33 bits per heavy atom. The second-order valence-corrected chi connectivity index (χ2v) is 12.1. The number of rotatable bonds is 8. The number of nitrogens with one attached hydrogen (secondary N) is 2. The van der Waals surface area contributed by atoms with Crippen LogP contribution < -0.4 is 10.0 Å². The lowest BCUT2D eigenvalue weighted by atomic mass is 10.1. The summed E-state index contributed by atoms with van der Waals surface area (Å²) in [7, 11) is -7.41. The normalized spacial score (nSPS) is 15.5. The fourth-order valence-corrected chi connectivity index (χ4v) is 6.82. The summed E-state index contributed by atoms with van der Waals surface area (Å²) in [4.78, 5) is 13.1. The summed E-state index contributed by atoms with van der Waals surface area (Å²) in [5, 5.41) is 2.75. The number of carbonyl (C=O) groups excluding carboxylic acids is 1. The maximum atomic E-state index is 13.2. The van der Waals surface area contributed by atoms with Crippen molar-refractivity contribution in [2.45, 2.75) is 62.4 Å². The highest BCUT2D eigenvalue weighted by molar-refractivity contribution is 7.89. The van der Waals surface area contributed by atoms with Gasteiger partial charge in [-0.15, -0.1) is 0 Å². The number of sulfonamides is 2. The van der Waals surface area contributed by atoms with Gasteiger partial charge >= 0.3 is 0 Å². The van der Waals surface area contributed by atoms with Crippen LogP contribution in [0.4, 0.5) is 0 Å². The summed E-state index contributed by atoms with van der Waals surface area (Å²) in [5.41, 5.74) is 1.32. The van der Waals surface area contributed by atoms with E-state index < -0.39 is 26.0 Å². The number of nitrogens with zero attached hydrogens (tertiary/aromatic N) is 1. The highest BCUT2D eigenvalue weighted by Crippen LogP contribution is 2.24. The number of benzene rings is 2. The molecule has 0 unspecified atom stereocenters. The highest BCUT2D eigenvalue weighted by Gasteiger charge is 2.28. The molecule has 1 aliphatic rings. The second kappa shape index (κ2) is 10.3. The van der Waals surface area contributed by atoms with Crippen molar-refractivity contribution in [1.82, 2.24) is 14.3 Å². The SMILES string of the molecule is Cc1ccc(S(=O)(=O)NC(C)C)cc1C(=O)NCc1ccccc1S(=O)(=O)N1CCCCC1. The Hall–Kier alpha value is -2.27. The van der Waals surface area contributed by atoms with E-state index in [0.29, 0.717) is 24.2 Å². The van der Waals surface area contributed by atoms with Crippen LogP contribution in [0, 0.1) is 6.92 Å². The first-order valence-corrected chi connectivity index (χ1v) is 13.9. The Morgan fingerprint density at radius 1 is 1.00 bits per heavy atom. The zero-order chi connectivity index (χ0) is 24.2. The molecule has 2 aromatic rings. The fraction of sp³-hybridized carbons (Fsp3) is 0.435. The summed E-state index contributed by atoms with van der Waals surface area (Å²) < 4.78 is 55.3. The third-order valence-corrected chi connectivity index (χ3v) is 9.15. The monoisotopic (exact) mass is 493 g/mol. The van der Waals surface area contributed by atoms with E-state index >= 15 is 0 Å². The van der Waals surface area contributed by atoms with Crippen molar-refractivity contribution in [2.75, 3.05) is 13.1 Å². The van der Waals surface area contributed by atoms with Gasteiger partial charge in [0.1, 0.15) is 0 Å². The van der Waals surface area contributed by atoms with Crippen molar-refractivity contribution in [2.24, 2.45) is 0 Å². The molecule has 1 fully saturated rings. The zero-order valence-corrected chi connectivity index (χ0v) is 20.8. The van der Waals surface area contributed by atoms with E-state index in [9.17, 15) is 21.6 Å². The summed E-state index contributed by atoms with van der Waals surface area (Å²) in [6, 6.07) is 10.7. The smallest absolute Gasteiger partial charge is 0.251 e. The molecule has 8 nitrogen and oxygen atoms in total. The number of hydrogen-bond donors (Lipinski definition) is 2. The van der Waals surface area contributed by atoms with Gasteiger partial charge in [-0.2, -0.15) is 4.31 Å². The van der Waals surface area contributed by atoms with E-state index in [2.05, 4.69) is 10.0 Å². The van der Waals surface area contributed by atoms with Crippen LogP contribution in [-0.2, 0) is 26.6 Å². The molecule has 0 spiro atoms. The topological polar surface area (TPSA) is 113 Å². The Balaban J connectivity index is 1.82. The van der Waals surface area contributed by atoms with Crippen LogP contribution in [0.1, 0.15) is 54.6 Å². The lowest BCUT2D eigenvalue weighted by Crippen LogP contribution is -2.36. The molecule has 1 saturated heterocycles. The van der Waals surface area contributed by atoms with E-state index in [1.54, 1.807) is 51.1 Å². The minimum atomic E-state index is -3.75. The van der Waals surface area contributed by atoms with Crippen LogP contribution >= 0.6 is 0 Å². The van der Waals surface area contributed by atoms with Crippen molar-refractivity contribution < 1.29 is 21.6 Å². The molecule has 1 aliphatic heterocycles. The van der Waals surface area contributed by atoms with Crippen molar-refractivity contribution in [1.29, 1.82) is 0 Å². The van der Waals surface area contributed by atoms with Gasteiger partial charge in [0.25, 0.3) is 5.91 Å². The predicted molar refractivity (Wildman–Crippen MR) is 127 cm³/mol. The summed E-state index contributed by atoms with van der Waals surface area (Å²) in [6.07, 6.45) is 2.69. The van der Waals surface area contributed by atoms with Gasteiger partial charge in [0.05, 0.1) is 9.79 Å². The number of aryl methyl sites for hydroxylation is 1. The van der Waals surface area contributed by atoms with Gasteiger partial charge in [0.2, 0.25) is 20.0 Å². The number of amides is 1. The molecule has 2 N–H and O–H groups in total. The average molecular weight is 494 g/mol. The molecule has 180 valence electrons. The average Bonchev–Trinajstić information content (AvgIpc) is 2.77. The van der Waals surface area contributed by atoms with Gasteiger partial charge in [-0.3, -0.25) is 4.79 Å². The van der Waals surface area contributed by atoms with Gasteiger partial charge in [0, 0.05) is 31.2 Å². The minimum absolute atomic E-state index is 0.0000245. The number of hydrogen-bond acceptors (Lipinski definition) is 5. The van der Waals surface area contributed by atoms with Crippen molar-refractivity contribution in [3.63, 3.8) is 0 Å². The van der Waals surface area contributed by atoms with Gasteiger partial charge in [-0.1, -0.05) is 30.7 Å². The maximum absolute atomic E-state index is 13.2. The maximum Gasteiger partial charge on any atom is 0.251 e. The Kier molecular flexibility index (Phi) is 7.94. The van der Waals surface area contributed by atoms with E-state index in [0.717, 1.165) is 19.3 Å². The molecule has 0 radical (unpaired) electrons. The van der Waals surface area contributed by atoms with Crippen molar-refractivity contribution in [3.05, 3.63) is 59.2 Å². The first-order valence-electron chi connectivity index (χ1n) is 11.0. The van der Waals surface area contributed by atoms with Crippen molar-refractivity contribution >= 4 is 26.0 Å². The van der Waals surface area contributed by atoms with E-state index in [1.165, 1.54) is 16.4 Å². The molecule has 1 amide bonds. The van der Waals surface area contributed by atoms with Crippen LogP contribution in [0.15, 0.2) is 52.3 Å². The Labute approximate surface area is 196 Å². The third kappa shape index (κ3) is 6.00. The van der Waals surface area contributed by atoms with Gasteiger partial charge < -0.3 is 5.32 Å². The molecule has 1 heterocycles. The first-order chi connectivity index (χ1) is 15.5. The second-order valence-electron chi connectivity index (χ2n) is 8.51. The molecule has 10 heteroatoms. The van der Waals surface area contributed by atoms with Crippen LogP contribution in [0.2, 0.25) is 0 Å². The summed E-state index contributed by atoms with van der Waals surface area (Å²) in [5.74, 6) is -0.473. The standard InChI is InChI=1S/C23H31N3O5S2/c1-17(2)25-32(28,29)20-12-11-18(3)21(15-20)23(27)24-16-19-9-5-6-10-22(19)33(30,31)26-13-7-4-8-14-26/h5-6,9-12,15,17,25H,4,7-8,13-14,16H2,1-3H3,(H,24,27). The molecule has 3 rings (SSSR count). The molecule has 0 aliphatic carbocycles. The number of piperidine rings is 1. The largest absolute Gasteiger partial charge is 0.348 e. The van der Waals surface area contributed by atoms with E-state index in [-0.39, 0.29) is 27.9 Å². The fourth-order valence-electron chi connectivity index (χ4n) is 3.81. The molecule has 33 heavy (non-hydrogen) atoms. The first kappa shape index (κ1) is 25.4. The van der Waals surface area contributed by atoms with Crippen molar-refractivity contribution in [3.8, 4) is 0 Å². The molecule has 2 aromatic carbocycles. The van der Waals surface area contributed by atoms with Gasteiger partial charge in [-0.05, 0) is 62.9 Å². The predicted octanol–water partition coefficient (Wildman–Crippen LogP) is 2.79. The quantitative estimate of drug-likeness (QED) is 0.587. The third-order valence-electron chi connectivity index (χ3n) is 5.50. The minimum Gasteiger partial charge on any atom is -0.348 e. The van der Waals surface area contributed by atoms with Crippen LogP contribution in [0.3, 0.4) is 0 Å². The molecular weight excluding hydrogens is 462 g/mol. The molecule has 0 bridgehead atoms. The van der Waals surface area contributed by atoms with Gasteiger partial charge in [-0.25, -0.2) is 21.6 Å². The molecule has 0 aromatic heterocycles. The van der Waals surface area contributed by atoms with Crippen LogP contribution in [-0.4, -0.2) is 46.2 Å². The Bertz CT molecular complexity index is 1220. The molecular formula is C23H31N3O5S2. The number of carbonyl (C=O) groups is 1. The van der Waals surface area contributed by atoms with Gasteiger partial charge in [0.15, 0.2) is 0 Å². The molecule has 0 atom stereocenters. The highest BCUT2D eigenvalue weighted by atomic mass is 32.2. The molecule has 0 saturated carbocycles. The summed E-state index contributed by atoms with van der Waals surface area (Å²) >= 11 is 0. The van der Waals surface area contributed by atoms with Crippen LogP contribution in [0.25, 0.3) is 0 Å².